The summed E-state index contributed by atoms with van der Waals surface area (Å²) in [7, 11) is 0. The van der Waals surface area contributed by atoms with E-state index in [0.29, 0.717) is 22.8 Å². The fourth-order valence-corrected chi connectivity index (χ4v) is 4.03. The maximum atomic E-state index is 13.0. The molecule has 0 spiro atoms. The van der Waals surface area contributed by atoms with Crippen LogP contribution >= 0.6 is 0 Å². The normalized spacial score (nSPS) is 11.5. The number of alkyl halides is 3. The Bertz CT molecular complexity index is 1630. The molecule has 186 valence electrons. The zero-order valence-electron chi connectivity index (χ0n) is 19.5. The molecule has 0 bridgehead atoms. The van der Waals surface area contributed by atoms with Gasteiger partial charge in [-0.25, -0.2) is 4.98 Å². The molecule has 0 unspecified atom stereocenters. The van der Waals surface area contributed by atoms with Crippen molar-refractivity contribution in [2.45, 2.75) is 13.1 Å². The van der Waals surface area contributed by atoms with Gasteiger partial charge >= 0.3 is 6.18 Å². The lowest BCUT2D eigenvalue weighted by atomic mass is 10.0. The van der Waals surface area contributed by atoms with Crippen LogP contribution in [0.25, 0.3) is 22.2 Å². The minimum atomic E-state index is -4.54. The van der Waals surface area contributed by atoms with Crippen molar-refractivity contribution < 1.29 is 23.1 Å². The van der Waals surface area contributed by atoms with Crippen molar-refractivity contribution in [2.24, 2.45) is 0 Å². The van der Waals surface area contributed by atoms with Gasteiger partial charge in [-0.2, -0.15) is 13.2 Å². The second-order valence-electron chi connectivity index (χ2n) is 8.53. The molecule has 5 rings (SSSR count). The number of pyridine rings is 1. The molecule has 0 aliphatic carbocycles. The quantitative estimate of drug-likeness (QED) is 0.204. The average Bonchev–Trinajstić information content (AvgIpc) is 3.34. The molecule has 1 amide bonds. The summed E-state index contributed by atoms with van der Waals surface area (Å²) in [5, 5.41) is 16.8. The number of carbonyl (C=O) groups excluding carboxylic acids is 1. The number of H-pyrrole nitrogens is 1. The highest BCUT2D eigenvalue weighted by Gasteiger charge is 2.30. The molecule has 0 aliphatic rings. The van der Waals surface area contributed by atoms with E-state index in [2.05, 4.69) is 20.6 Å². The van der Waals surface area contributed by atoms with Crippen molar-refractivity contribution >= 4 is 34.1 Å². The second kappa shape index (κ2) is 9.34. The zero-order valence-corrected chi connectivity index (χ0v) is 19.5. The molecule has 6 nitrogen and oxygen atoms in total. The second-order valence-corrected chi connectivity index (χ2v) is 8.53. The highest BCUT2D eigenvalue weighted by Crippen LogP contribution is 2.34. The summed E-state index contributed by atoms with van der Waals surface area (Å²) in [5.41, 5.74) is 3.26. The van der Waals surface area contributed by atoms with Gasteiger partial charge in [-0.15, -0.1) is 0 Å². The molecule has 5 aromatic rings. The minimum absolute atomic E-state index is 0.0977. The van der Waals surface area contributed by atoms with E-state index < -0.39 is 17.6 Å². The van der Waals surface area contributed by atoms with Gasteiger partial charge in [0.2, 0.25) is 0 Å². The monoisotopic (exact) mass is 502 g/mol. The van der Waals surface area contributed by atoms with Gasteiger partial charge in [-0.05, 0) is 78.2 Å². The third kappa shape index (κ3) is 5.11. The number of aromatic hydroxyl groups is 1. The van der Waals surface area contributed by atoms with Crippen molar-refractivity contribution in [3.63, 3.8) is 0 Å². The first-order chi connectivity index (χ1) is 17.7. The standard InChI is InChI=1S/C28H21F3N4O2/c1-16-8-9-20(33-27(37)18-5-2-6-19(12-18)28(29,30)31)14-24(16)34-25-15-23(17-4-3-7-21(36)13-17)22-10-11-32-26(22)35-25/h2-15,36H,1H3,(H,33,37)(H2,32,34,35). The van der Waals surface area contributed by atoms with Crippen LogP contribution in [0, 0.1) is 6.92 Å². The number of rotatable bonds is 5. The summed E-state index contributed by atoms with van der Waals surface area (Å²) in [6.07, 6.45) is -2.76. The van der Waals surface area contributed by atoms with E-state index in [1.165, 1.54) is 12.1 Å². The van der Waals surface area contributed by atoms with Crippen molar-refractivity contribution in [1.29, 1.82) is 0 Å². The molecule has 2 heterocycles. The number of halogens is 3. The fraction of sp³-hybridized carbons (Fsp3) is 0.0714. The first kappa shape index (κ1) is 23.9. The maximum Gasteiger partial charge on any atom is 0.416 e. The van der Waals surface area contributed by atoms with E-state index in [4.69, 9.17) is 0 Å². The first-order valence-electron chi connectivity index (χ1n) is 11.3. The molecular formula is C28H21F3N4O2. The SMILES string of the molecule is Cc1ccc(NC(=O)c2cccc(C(F)(F)F)c2)cc1Nc1cc(-c2cccc(O)c2)c2cc[nH]c2n1. The number of hydrogen-bond acceptors (Lipinski definition) is 4. The van der Waals surface area contributed by atoms with Crippen LogP contribution in [0.1, 0.15) is 21.5 Å². The molecule has 0 fully saturated rings. The first-order valence-corrected chi connectivity index (χ1v) is 11.3. The largest absolute Gasteiger partial charge is 0.508 e. The van der Waals surface area contributed by atoms with Crippen LogP contribution in [0.5, 0.6) is 5.75 Å². The van der Waals surface area contributed by atoms with Crippen molar-refractivity contribution in [3.8, 4) is 16.9 Å². The van der Waals surface area contributed by atoms with Crippen molar-refractivity contribution in [1.82, 2.24) is 9.97 Å². The lowest BCUT2D eigenvalue weighted by Crippen LogP contribution is -2.14. The molecule has 0 saturated heterocycles. The molecule has 0 radical (unpaired) electrons. The number of benzene rings is 3. The summed E-state index contributed by atoms with van der Waals surface area (Å²) >= 11 is 0. The Morgan fingerprint density at radius 3 is 2.57 bits per heavy atom. The Hall–Kier alpha value is -4.79. The number of hydrogen-bond donors (Lipinski definition) is 4. The number of phenols is 1. The van der Waals surface area contributed by atoms with Gasteiger partial charge in [-0.3, -0.25) is 4.79 Å². The smallest absolute Gasteiger partial charge is 0.416 e. The number of aryl methyl sites for hydroxylation is 1. The van der Waals surface area contributed by atoms with E-state index in [9.17, 15) is 23.1 Å². The number of aromatic nitrogens is 2. The number of nitrogens with zero attached hydrogens (tertiary/aromatic N) is 1. The summed E-state index contributed by atoms with van der Waals surface area (Å²) in [4.78, 5) is 20.4. The zero-order chi connectivity index (χ0) is 26.2. The lowest BCUT2D eigenvalue weighted by molar-refractivity contribution is -0.137. The Morgan fingerprint density at radius 1 is 0.973 bits per heavy atom. The number of amides is 1. The Labute approximate surface area is 209 Å². The van der Waals surface area contributed by atoms with Crippen LogP contribution in [0.4, 0.5) is 30.4 Å². The Morgan fingerprint density at radius 2 is 1.78 bits per heavy atom. The fourth-order valence-electron chi connectivity index (χ4n) is 4.03. The summed E-state index contributed by atoms with van der Waals surface area (Å²) in [5.74, 6) is 0.0170. The number of carbonyl (C=O) groups is 1. The maximum absolute atomic E-state index is 13.0. The molecule has 37 heavy (non-hydrogen) atoms. The van der Waals surface area contributed by atoms with Gasteiger partial charge in [0, 0.05) is 28.5 Å². The van der Waals surface area contributed by atoms with Crippen molar-refractivity contribution in [2.75, 3.05) is 10.6 Å². The topological polar surface area (TPSA) is 90.0 Å². The van der Waals surface area contributed by atoms with Gasteiger partial charge in [0.1, 0.15) is 17.2 Å². The highest BCUT2D eigenvalue weighted by molar-refractivity contribution is 6.04. The van der Waals surface area contributed by atoms with E-state index in [1.54, 1.807) is 42.6 Å². The van der Waals surface area contributed by atoms with Gasteiger partial charge in [0.25, 0.3) is 5.91 Å². The molecule has 0 saturated carbocycles. The molecule has 9 heteroatoms. The van der Waals surface area contributed by atoms with Crippen LogP contribution < -0.4 is 10.6 Å². The molecule has 0 aliphatic heterocycles. The summed E-state index contributed by atoms with van der Waals surface area (Å²) < 4.78 is 39.1. The average molecular weight is 502 g/mol. The van der Waals surface area contributed by atoms with Gasteiger partial charge in [0.05, 0.1) is 5.56 Å². The van der Waals surface area contributed by atoms with Crippen LogP contribution in [-0.2, 0) is 6.18 Å². The predicted molar refractivity (Wildman–Crippen MR) is 137 cm³/mol. The molecule has 4 N–H and O–H groups in total. The lowest BCUT2D eigenvalue weighted by Gasteiger charge is -2.14. The van der Waals surface area contributed by atoms with Crippen LogP contribution in [0.2, 0.25) is 0 Å². The number of fused-ring (bicyclic) bond motifs is 1. The molecule has 0 atom stereocenters. The number of anilines is 3. The van der Waals surface area contributed by atoms with Gasteiger partial charge in [0.15, 0.2) is 0 Å². The van der Waals surface area contributed by atoms with E-state index >= 15 is 0 Å². The molecule has 2 aromatic heterocycles. The molecule has 3 aromatic carbocycles. The third-order valence-electron chi connectivity index (χ3n) is 5.90. The van der Waals surface area contributed by atoms with Crippen LogP contribution in [0.15, 0.2) is 85.1 Å². The van der Waals surface area contributed by atoms with Gasteiger partial charge in [-0.1, -0.05) is 24.3 Å². The van der Waals surface area contributed by atoms with E-state index in [0.717, 1.165) is 34.2 Å². The van der Waals surface area contributed by atoms with Gasteiger partial charge < -0.3 is 20.7 Å². The van der Waals surface area contributed by atoms with E-state index in [-0.39, 0.29) is 11.3 Å². The van der Waals surface area contributed by atoms with Crippen LogP contribution in [0.3, 0.4) is 0 Å². The number of phenolic OH excluding ortho intramolecular Hbond substituents is 1. The van der Waals surface area contributed by atoms with E-state index in [1.807, 2.05) is 25.1 Å². The summed E-state index contributed by atoms with van der Waals surface area (Å²) in [6, 6.07) is 20.1. The predicted octanol–water partition coefficient (Wildman–Crippen LogP) is 7.26. The number of nitrogens with one attached hydrogen (secondary N) is 3. The number of aromatic amines is 1. The Kier molecular flexibility index (Phi) is 6.04. The third-order valence-corrected chi connectivity index (χ3v) is 5.90. The Balaban J connectivity index is 1.43. The molecular weight excluding hydrogens is 481 g/mol. The van der Waals surface area contributed by atoms with Crippen molar-refractivity contribution in [3.05, 3.63) is 102 Å². The minimum Gasteiger partial charge on any atom is -0.508 e. The summed E-state index contributed by atoms with van der Waals surface area (Å²) in [6.45, 7) is 1.88. The van der Waals surface area contributed by atoms with Crippen LogP contribution in [-0.4, -0.2) is 21.0 Å². The highest BCUT2D eigenvalue weighted by atomic mass is 19.4.